The third-order valence-electron chi connectivity index (χ3n) is 13.3. The van der Waals surface area contributed by atoms with Crippen LogP contribution in [-0.2, 0) is 28.6 Å². The second kappa shape index (κ2) is 54.8. The summed E-state index contributed by atoms with van der Waals surface area (Å²) >= 11 is 0. The van der Waals surface area contributed by atoms with Crippen molar-refractivity contribution in [2.24, 2.45) is 0 Å². The highest BCUT2D eigenvalue weighted by atomic mass is 16.6. The molecule has 0 aromatic rings. The number of esters is 3. The van der Waals surface area contributed by atoms with E-state index >= 15 is 0 Å². The summed E-state index contributed by atoms with van der Waals surface area (Å²) in [5.41, 5.74) is 0. The largest absolute Gasteiger partial charge is 0.462 e. The first-order valence-electron chi connectivity index (χ1n) is 29.2. The second-order valence-electron chi connectivity index (χ2n) is 19.9. The number of rotatable bonds is 54. The fourth-order valence-corrected chi connectivity index (χ4v) is 8.85. The zero-order valence-electron chi connectivity index (χ0n) is 44.0. The normalized spacial score (nSPS) is 12.0. The molecule has 0 aliphatic carbocycles. The molecule has 0 aromatic heterocycles. The Bertz CT molecular complexity index is 1010. The molecular formula is C59H112O6. The Labute approximate surface area is 405 Å². The van der Waals surface area contributed by atoms with Gasteiger partial charge >= 0.3 is 17.9 Å². The zero-order chi connectivity index (χ0) is 47.2. The van der Waals surface area contributed by atoms with Gasteiger partial charge < -0.3 is 14.2 Å². The van der Waals surface area contributed by atoms with Crippen LogP contribution in [0.2, 0.25) is 0 Å². The maximum Gasteiger partial charge on any atom is 0.306 e. The van der Waals surface area contributed by atoms with E-state index in [1.165, 1.54) is 231 Å². The van der Waals surface area contributed by atoms with Crippen molar-refractivity contribution in [3.05, 3.63) is 12.2 Å². The van der Waals surface area contributed by atoms with E-state index in [0.717, 1.165) is 57.8 Å². The van der Waals surface area contributed by atoms with Crippen molar-refractivity contribution in [1.29, 1.82) is 0 Å². The fourth-order valence-electron chi connectivity index (χ4n) is 8.85. The van der Waals surface area contributed by atoms with Crippen molar-refractivity contribution >= 4 is 17.9 Å². The molecule has 0 N–H and O–H groups in total. The van der Waals surface area contributed by atoms with Gasteiger partial charge in [0.15, 0.2) is 6.10 Å². The van der Waals surface area contributed by atoms with Crippen molar-refractivity contribution in [2.75, 3.05) is 13.2 Å². The van der Waals surface area contributed by atoms with Crippen LogP contribution in [0.5, 0.6) is 0 Å². The Kier molecular flexibility index (Phi) is 53.2. The van der Waals surface area contributed by atoms with E-state index in [2.05, 4.69) is 32.9 Å². The molecule has 0 spiro atoms. The molecule has 6 heteroatoms. The van der Waals surface area contributed by atoms with E-state index in [0.29, 0.717) is 19.3 Å². The molecule has 0 aliphatic heterocycles. The average molecular weight is 918 g/mol. The van der Waals surface area contributed by atoms with Crippen molar-refractivity contribution in [3.63, 3.8) is 0 Å². The maximum absolute atomic E-state index is 12.8. The van der Waals surface area contributed by atoms with Gasteiger partial charge in [-0.2, -0.15) is 0 Å². The summed E-state index contributed by atoms with van der Waals surface area (Å²) in [5, 5.41) is 0. The predicted octanol–water partition coefficient (Wildman–Crippen LogP) is 19.3. The van der Waals surface area contributed by atoms with E-state index in [1.807, 2.05) is 0 Å². The second-order valence-corrected chi connectivity index (χ2v) is 19.9. The average Bonchev–Trinajstić information content (AvgIpc) is 3.30. The van der Waals surface area contributed by atoms with E-state index in [4.69, 9.17) is 14.2 Å². The van der Waals surface area contributed by atoms with Gasteiger partial charge in [-0.15, -0.1) is 0 Å². The van der Waals surface area contributed by atoms with Crippen molar-refractivity contribution < 1.29 is 28.6 Å². The van der Waals surface area contributed by atoms with Crippen LogP contribution < -0.4 is 0 Å². The lowest BCUT2D eigenvalue weighted by Crippen LogP contribution is -2.30. The molecule has 1 unspecified atom stereocenters. The molecule has 0 amide bonds. The summed E-state index contributed by atoms with van der Waals surface area (Å²) in [7, 11) is 0. The highest BCUT2D eigenvalue weighted by Gasteiger charge is 2.19. The standard InChI is InChI=1S/C59H112O6/c1-4-7-10-13-16-18-20-22-24-26-28-29-30-31-32-34-35-37-39-41-43-46-49-52-58(61)64-55-56(54-63-57(60)51-48-45-15-12-9-6-3)65-59(62)53-50-47-44-42-40-38-36-33-27-25-23-21-19-17-14-11-8-5-2/h26,28,56H,4-25,27,29-55H2,1-3H3/b28-26-. The molecule has 1 atom stereocenters. The molecule has 0 rings (SSSR count). The first-order valence-corrected chi connectivity index (χ1v) is 29.2. The highest BCUT2D eigenvalue weighted by Crippen LogP contribution is 2.17. The van der Waals surface area contributed by atoms with Crippen LogP contribution in [0, 0.1) is 0 Å². The lowest BCUT2D eigenvalue weighted by atomic mass is 10.0. The van der Waals surface area contributed by atoms with E-state index in [1.54, 1.807) is 0 Å². The van der Waals surface area contributed by atoms with Crippen molar-refractivity contribution in [2.45, 2.75) is 335 Å². The monoisotopic (exact) mass is 917 g/mol. The SMILES string of the molecule is CCCCCCCCCC/C=C\CCCCCCCCCCCCCC(=O)OCC(COC(=O)CCCCCCCC)OC(=O)CCCCCCCCCCCCCCCCCCCC. The summed E-state index contributed by atoms with van der Waals surface area (Å²) < 4.78 is 16.8. The number of hydrogen-bond donors (Lipinski definition) is 0. The summed E-state index contributed by atoms with van der Waals surface area (Å²) in [6, 6.07) is 0. The third-order valence-corrected chi connectivity index (χ3v) is 13.3. The number of unbranched alkanes of at least 4 members (excludes halogenated alkanes) is 41. The Hall–Kier alpha value is -1.85. The summed E-state index contributed by atoms with van der Waals surface area (Å²) in [6.07, 6.45) is 62.4. The van der Waals surface area contributed by atoms with Gasteiger partial charge in [-0.1, -0.05) is 277 Å². The summed E-state index contributed by atoms with van der Waals surface area (Å²) in [6.45, 7) is 6.63. The van der Waals surface area contributed by atoms with Gasteiger partial charge in [0, 0.05) is 19.3 Å². The summed E-state index contributed by atoms with van der Waals surface area (Å²) in [4.78, 5) is 37.9. The van der Waals surface area contributed by atoms with Crippen molar-refractivity contribution in [1.82, 2.24) is 0 Å². The van der Waals surface area contributed by atoms with Crippen LogP contribution in [0.15, 0.2) is 12.2 Å². The van der Waals surface area contributed by atoms with Gasteiger partial charge in [-0.05, 0) is 44.9 Å². The van der Waals surface area contributed by atoms with Crippen molar-refractivity contribution in [3.8, 4) is 0 Å². The van der Waals surface area contributed by atoms with Crippen LogP contribution in [0.3, 0.4) is 0 Å². The summed E-state index contributed by atoms with van der Waals surface area (Å²) in [5.74, 6) is -0.854. The van der Waals surface area contributed by atoms with Crippen LogP contribution >= 0.6 is 0 Å². The Morgan fingerprint density at radius 1 is 0.292 bits per heavy atom. The predicted molar refractivity (Wildman–Crippen MR) is 280 cm³/mol. The van der Waals surface area contributed by atoms with E-state index in [-0.39, 0.29) is 31.1 Å². The molecular weight excluding hydrogens is 805 g/mol. The molecule has 0 aliphatic rings. The van der Waals surface area contributed by atoms with Gasteiger partial charge in [0.05, 0.1) is 0 Å². The van der Waals surface area contributed by atoms with Gasteiger partial charge in [-0.25, -0.2) is 0 Å². The molecule has 0 fully saturated rings. The molecule has 0 radical (unpaired) electrons. The van der Waals surface area contributed by atoms with Gasteiger partial charge in [0.1, 0.15) is 13.2 Å². The van der Waals surface area contributed by atoms with E-state index < -0.39 is 6.10 Å². The first kappa shape index (κ1) is 63.1. The van der Waals surface area contributed by atoms with Gasteiger partial charge in [0.25, 0.3) is 0 Å². The molecule has 6 nitrogen and oxygen atoms in total. The number of hydrogen-bond acceptors (Lipinski definition) is 6. The maximum atomic E-state index is 12.8. The zero-order valence-corrected chi connectivity index (χ0v) is 44.0. The first-order chi connectivity index (χ1) is 32.0. The lowest BCUT2D eigenvalue weighted by Gasteiger charge is -2.18. The fraction of sp³-hybridized carbons (Fsp3) is 0.915. The Balaban J connectivity index is 4.07. The number of allylic oxidation sites excluding steroid dienone is 2. The van der Waals surface area contributed by atoms with Gasteiger partial charge in [0.2, 0.25) is 0 Å². The molecule has 65 heavy (non-hydrogen) atoms. The van der Waals surface area contributed by atoms with E-state index in [9.17, 15) is 14.4 Å². The van der Waals surface area contributed by atoms with Crippen LogP contribution in [0.1, 0.15) is 329 Å². The lowest BCUT2D eigenvalue weighted by molar-refractivity contribution is -0.167. The topological polar surface area (TPSA) is 78.9 Å². The minimum Gasteiger partial charge on any atom is -0.462 e. The molecule has 0 saturated heterocycles. The Morgan fingerprint density at radius 3 is 0.769 bits per heavy atom. The molecule has 384 valence electrons. The van der Waals surface area contributed by atoms with Crippen LogP contribution in [0.4, 0.5) is 0 Å². The Morgan fingerprint density at radius 2 is 0.508 bits per heavy atom. The highest BCUT2D eigenvalue weighted by molar-refractivity contribution is 5.71. The molecule has 0 heterocycles. The third kappa shape index (κ3) is 53.0. The smallest absolute Gasteiger partial charge is 0.306 e. The van der Waals surface area contributed by atoms with Crippen LogP contribution in [-0.4, -0.2) is 37.2 Å². The van der Waals surface area contributed by atoms with Crippen LogP contribution in [0.25, 0.3) is 0 Å². The number of ether oxygens (including phenoxy) is 3. The minimum atomic E-state index is -0.762. The molecule has 0 aromatic carbocycles. The molecule has 0 saturated carbocycles. The minimum absolute atomic E-state index is 0.0654. The number of carbonyl (C=O) groups is 3. The molecule has 0 bridgehead atoms. The van der Waals surface area contributed by atoms with Gasteiger partial charge in [-0.3, -0.25) is 14.4 Å². The number of carbonyl (C=O) groups excluding carboxylic acids is 3. The quantitative estimate of drug-likeness (QED) is 0.0262.